The van der Waals surface area contributed by atoms with Gasteiger partial charge in [0.2, 0.25) is 5.91 Å². The third kappa shape index (κ3) is 8.20. The van der Waals surface area contributed by atoms with Gasteiger partial charge in [-0.15, -0.1) is 0 Å². The Bertz CT molecular complexity index is 847. The Balaban J connectivity index is 2.02. The lowest BCUT2D eigenvalue weighted by molar-refractivity contribution is -0.141. The van der Waals surface area contributed by atoms with E-state index in [1.807, 2.05) is 0 Å². The summed E-state index contributed by atoms with van der Waals surface area (Å²) in [6, 6.07) is -1.02. The predicted molar refractivity (Wildman–Crippen MR) is 141 cm³/mol. The summed E-state index contributed by atoms with van der Waals surface area (Å²) in [4.78, 5) is 22.8. The molecule has 1 unspecified atom stereocenters. The molecule has 0 radical (unpaired) electrons. The van der Waals surface area contributed by atoms with Crippen molar-refractivity contribution in [2.75, 3.05) is 0 Å². The van der Waals surface area contributed by atoms with Gasteiger partial charge in [0.25, 0.3) is 0 Å². The second-order valence-electron chi connectivity index (χ2n) is 11.6. The van der Waals surface area contributed by atoms with Crippen molar-refractivity contribution in [3.05, 3.63) is 36.1 Å². The molecule has 0 aromatic heterocycles. The normalized spacial score (nSPS) is 28.3. The third-order valence-corrected chi connectivity index (χ3v) is 8.07. The zero-order chi connectivity index (χ0) is 27.2. The topological polar surface area (TPSA) is 116 Å². The second-order valence-corrected chi connectivity index (χ2v) is 11.6. The number of aliphatic carboxylic acids is 1. The molecule has 4 N–H and O–H groups in total. The number of hydrogen-bond donors (Lipinski definition) is 4. The molecule has 0 spiro atoms. The highest BCUT2D eigenvalue weighted by Crippen LogP contribution is 2.46. The largest absolute Gasteiger partial charge is 0.494 e. The summed E-state index contributed by atoms with van der Waals surface area (Å²) in [5, 5.41) is 32.1. The van der Waals surface area contributed by atoms with Crippen molar-refractivity contribution >= 4 is 11.9 Å². The van der Waals surface area contributed by atoms with Crippen LogP contribution in [0.3, 0.4) is 0 Å². The molecular formula is C29H47NO6. The van der Waals surface area contributed by atoms with E-state index in [2.05, 4.69) is 64.7 Å². The minimum atomic E-state index is -1.14. The third-order valence-electron chi connectivity index (χ3n) is 8.07. The van der Waals surface area contributed by atoms with E-state index in [4.69, 9.17) is 9.84 Å². The molecule has 204 valence electrons. The molecule has 2 rings (SSSR count). The summed E-state index contributed by atoms with van der Waals surface area (Å²) in [7, 11) is 0. The van der Waals surface area contributed by atoms with E-state index in [0.29, 0.717) is 18.3 Å². The van der Waals surface area contributed by atoms with E-state index < -0.39 is 30.1 Å². The van der Waals surface area contributed by atoms with E-state index in [9.17, 15) is 19.8 Å². The molecule has 7 heteroatoms. The molecule has 0 saturated heterocycles. The number of aliphatic hydroxyl groups excluding tert-OH is 2. The Hall–Kier alpha value is -2.12. The minimum Gasteiger partial charge on any atom is -0.494 e. The zero-order valence-electron chi connectivity index (χ0n) is 22.9. The number of carbonyl (C=O) groups excluding carboxylic acids is 1. The van der Waals surface area contributed by atoms with Gasteiger partial charge in [-0.05, 0) is 62.4 Å². The Labute approximate surface area is 216 Å². The average molecular weight is 506 g/mol. The predicted octanol–water partition coefficient (Wildman–Crippen LogP) is 4.60. The van der Waals surface area contributed by atoms with E-state index in [0.717, 1.165) is 25.0 Å². The number of carbonyl (C=O) groups is 2. The molecule has 36 heavy (non-hydrogen) atoms. The molecule has 0 bridgehead atoms. The summed E-state index contributed by atoms with van der Waals surface area (Å²) in [5.41, 5.74) is 1.19. The van der Waals surface area contributed by atoms with Gasteiger partial charge in [-0.2, -0.15) is 0 Å². The van der Waals surface area contributed by atoms with Crippen LogP contribution in [0.2, 0.25) is 0 Å². The van der Waals surface area contributed by atoms with Crippen molar-refractivity contribution in [1.29, 1.82) is 0 Å². The zero-order valence-corrected chi connectivity index (χ0v) is 22.9. The number of ether oxygens (including phenoxy) is 1. The van der Waals surface area contributed by atoms with Crippen LogP contribution < -0.4 is 5.32 Å². The van der Waals surface area contributed by atoms with E-state index >= 15 is 0 Å². The van der Waals surface area contributed by atoms with Crippen molar-refractivity contribution < 1.29 is 29.6 Å². The molecular weight excluding hydrogens is 458 g/mol. The van der Waals surface area contributed by atoms with Crippen molar-refractivity contribution in [1.82, 2.24) is 5.32 Å². The maximum Gasteiger partial charge on any atom is 0.325 e. The first-order valence-electron chi connectivity index (χ1n) is 13.4. The standard InChI is InChI=1S/C29H47NO6/c1-8-29(6,7)20(5)36-25-14-17(2)13-21-10-9-18(3)24(27(21)25)12-11-22(31)15-23(32)16-26(33)30-19(4)28(34)35/h9-10,13,17-19,22-25,27,31-32H,5,8,11-12,14-16H2,1-4,6-7H3,(H,30,33)(H,34,35)/t17-,18-,19+,22+,23+,24-,25-,27?/m0/s1. The van der Waals surface area contributed by atoms with E-state index in [-0.39, 0.29) is 36.2 Å². The van der Waals surface area contributed by atoms with Gasteiger partial charge in [0.05, 0.1) is 24.4 Å². The molecule has 0 aromatic rings. The van der Waals surface area contributed by atoms with Gasteiger partial charge >= 0.3 is 5.97 Å². The number of rotatable bonds is 13. The fraction of sp³-hybridized carbons (Fsp3) is 0.724. The lowest BCUT2D eigenvalue weighted by Gasteiger charge is -2.45. The molecule has 0 aromatic carbocycles. The summed E-state index contributed by atoms with van der Waals surface area (Å²) < 4.78 is 6.57. The van der Waals surface area contributed by atoms with Crippen molar-refractivity contribution in [3.8, 4) is 0 Å². The van der Waals surface area contributed by atoms with Crippen LogP contribution in [0.1, 0.15) is 80.1 Å². The number of carboxylic acid groups (broad SMARTS) is 1. The number of hydrogen-bond acceptors (Lipinski definition) is 5. The first-order valence-corrected chi connectivity index (χ1v) is 13.4. The number of fused-ring (bicyclic) bond motifs is 1. The molecule has 7 nitrogen and oxygen atoms in total. The summed E-state index contributed by atoms with van der Waals surface area (Å²) in [6.07, 6.45) is 8.00. The SMILES string of the molecule is C=C(O[C@H]1C[C@@H](C)C=C2C=C[C@H](C)[C@H](CC[C@@H](O)C[C@@H](O)CC(=O)N[C@H](C)C(=O)O)C21)C(C)(C)CC. The van der Waals surface area contributed by atoms with Crippen LogP contribution in [0.4, 0.5) is 0 Å². The van der Waals surface area contributed by atoms with Gasteiger partial charge in [-0.3, -0.25) is 9.59 Å². The smallest absolute Gasteiger partial charge is 0.325 e. The lowest BCUT2D eigenvalue weighted by atomic mass is 9.65. The van der Waals surface area contributed by atoms with Gasteiger partial charge in [0.1, 0.15) is 12.1 Å². The molecule has 1 amide bonds. The molecule has 2 aliphatic carbocycles. The molecule has 0 saturated carbocycles. The summed E-state index contributed by atoms with van der Waals surface area (Å²) in [6.45, 7) is 16.5. The monoisotopic (exact) mass is 505 g/mol. The summed E-state index contributed by atoms with van der Waals surface area (Å²) >= 11 is 0. The van der Waals surface area contributed by atoms with E-state index in [1.54, 1.807) is 0 Å². The lowest BCUT2D eigenvalue weighted by Crippen LogP contribution is -2.41. The second kappa shape index (κ2) is 12.9. The van der Waals surface area contributed by atoms with Crippen LogP contribution in [-0.4, -0.2) is 51.5 Å². The quantitative estimate of drug-likeness (QED) is 0.272. The molecule has 0 fully saturated rings. The highest BCUT2D eigenvalue weighted by Gasteiger charge is 2.41. The number of carboxylic acids is 1. The molecule has 0 heterocycles. The van der Waals surface area contributed by atoms with Gasteiger partial charge in [-0.25, -0.2) is 0 Å². The van der Waals surface area contributed by atoms with Gasteiger partial charge in [0.15, 0.2) is 0 Å². The molecule has 2 aliphatic rings. The molecule has 8 atom stereocenters. The number of aliphatic hydroxyl groups is 2. The highest BCUT2D eigenvalue weighted by molar-refractivity contribution is 5.83. The van der Waals surface area contributed by atoms with Crippen molar-refractivity contribution in [3.63, 3.8) is 0 Å². The van der Waals surface area contributed by atoms with Crippen LogP contribution in [0.25, 0.3) is 0 Å². The highest BCUT2D eigenvalue weighted by atomic mass is 16.5. The molecule has 0 aliphatic heterocycles. The Morgan fingerprint density at radius 2 is 1.92 bits per heavy atom. The van der Waals surface area contributed by atoms with E-state index in [1.165, 1.54) is 12.5 Å². The Kier molecular flexibility index (Phi) is 10.8. The fourth-order valence-corrected chi connectivity index (χ4v) is 5.24. The Morgan fingerprint density at radius 3 is 2.53 bits per heavy atom. The first kappa shape index (κ1) is 30.1. The van der Waals surface area contributed by atoms with Crippen LogP contribution >= 0.6 is 0 Å². The van der Waals surface area contributed by atoms with Gasteiger partial charge in [-0.1, -0.05) is 59.4 Å². The number of nitrogens with one attached hydrogen (secondary N) is 1. The summed E-state index contributed by atoms with van der Waals surface area (Å²) in [5.74, 6) is 0.365. The number of amides is 1. The van der Waals surface area contributed by atoms with Crippen molar-refractivity contribution in [2.24, 2.45) is 29.1 Å². The number of allylic oxidation sites excluding steroid dienone is 4. The minimum absolute atomic E-state index is 0.0263. The fourth-order valence-electron chi connectivity index (χ4n) is 5.24. The van der Waals surface area contributed by atoms with Crippen LogP contribution in [-0.2, 0) is 14.3 Å². The first-order chi connectivity index (χ1) is 16.7. The van der Waals surface area contributed by atoms with Crippen LogP contribution in [0, 0.1) is 29.1 Å². The maximum atomic E-state index is 11.9. The van der Waals surface area contributed by atoms with Crippen molar-refractivity contribution in [2.45, 2.75) is 104 Å². The maximum absolute atomic E-state index is 11.9. The average Bonchev–Trinajstić information content (AvgIpc) is 2.77. The van der Waals surface area contributed by atoms with Crippen LogP contribution in [0.15, 0.2) is 36.1 Å². The Morgan fingerprint density at radius 1 is 1.25 bits per heavy atom. The van der Waals surface area contributed by atoms with Gasteiger partial charge in [0, 0.05) is 11.3 Å². The van der Waals surface area contributed by atoms with Gasteiger partial charge < -0.3 is 25.4 Å². The van der Waals surface area contributed by atoms with Crippen LogP contribution in [0.5, 0.6) is 0 Å².